The van der Waals surface area contributed by atoms with Crippen LogP contribution in [-0.2, 0) is 0 Å². The van der Waals surface area contributed by atoms with Gasteiger partial charge in [0.1, 0.15) is 0 Å². The van der Waals surface area contributed by atoms with Crippen molar-refractivity contribution in [1.82, 2.24) is 0 Å². The monoisotopic (exact) mass is 378 g/mol. The number of nitrogens with two attached hydrogens (primary N) is 1. The third-order valence-corrected chi connectivity index (χ3v) is 4.31. The first-order valence-corrected chi connectivity index (χ1v) is 8.63. The minimum Gasteiger partial charge on any atom is -0.493 e. The van der Waals surface area contributed by atoms with Gasteiger partial charge in [-0.05, 0) is 48.5 Å². The number of hydrogen-bond acceptors (Lipinski definition) is 6. The highest BCUT2D eigenvalue weighted by atomic mass is 16.5. The van der Waals surface area contributed by atoms with E-state index < -0.39 is 0 Å². The maximum atomic E-state index is 12.9. The lowest BCUT2D eigenvalue weighted by atomic mass is 10.0. The Morgan fingerprint density at radius 3 is 1.96 bits per heavy atom. The Bertz CT molecular complexity index is 959. The highest BCUT2D eigenvalue weighted by Crippen LogP contribution is 2.38. The maximum absolute atomic E-state index is 12.9. The molecule has 0 saturated heterocycles. The first kappa shape index (κ1) is 19.1. The molecular formula is C22H22N2O4. The number of ketones is 1. The van der Waals surface area contributed by atoms with Gasteiger partial charge < -0.3 is 25.3 Å². The van der Waals surface area contributed by atoms with Gasteiger partial charge in [-0.2, -0.15) is 0 Å². The van der Waals surface area contributed by atoms with E-state index in [1.54, 1.807) is 24.3 Å². The summed E-state index contributed by atoms with van der Waals surface area (Å²) in [5.41, 5.74) is 9.24. The van der Waals surface area contributed by atoms with E-state index in [0.717, 1.165) is 11.4 Å². The standard InChI is InChI=1S/C22H22N2O4/c1-26-19-12-15(13-20(27-2)22(19)28-3)21(25)14-8-10-16(11-9-14)24-18-7-5-4-6-17(18)23/h4-13,24H,23H2,1-3H3. The molecule has 0 atom stereocenters. The van der Waals surface area contributed by atoms with Crippen LogP contribution in [0, 0.1) is 0 Å². The number of nitrogen functional groups attached to an aromatic ring is 1. The van der Waals surface area contributed by atoms with Crippen molar-refractivity contribution in [3.8, 4) is 17.2 Å². The number of carbonyl (C=O) groups excluding carboxylic acids is 1. The lowest BCUT2D eigenvalue weighted by Gasteiger charge is -2.14. The SMILES string of the molecule is COc1cc(C(=O)c2ccc(Nc3ccccc3N)cc2)cc(OC)c1OC. The van der Waals surface area contributed by atoms with Crippen LogP contribution in [0.1, 0.15) is 15.9 Å². The zero-order valence-electron chi connectivity index (χ0n) is 16.0. The number of nitrogens with one attached hydrogen (secondary N) is 1. The first-order valence-electron chi connectivity index (χ1n) is 8.63. The molecule has 0 bridgehead atoms. The summed E-state index contributed by atoms with van der Waals surface area (Å²) in [4.78, 5) is 12.9. The summed E-state index contributed by atoms with van der Waals surface area (Å²) in [7, 11) is 4.55. The van der Waals surface area contributed by atoms with E-state index in [1.165, 1.54) is 21.3 Å². The molecule has 0 aromatic heterocycles. The number of hydrogen-bond donors (Lipinski definition) is 2. The molecule has 0 aliphatic heterocycles. The molecular weight excluding hydrogens is 356 g/mol. The second kappa shape index (κ2) is 8.35. The Balaban J connectivity index is 1.86. The van der Waals surface area contributed by atoms with Crippen LogP contribution in [0.25, 0.3) is 0 Å². The van der Waals surface area contributed by atoms with Crippen LogP contribution in [-0.4, -0.2) is 27.1 Å². The number of carbonyl (C=O) groups is 1. The van der Waals surface area contributed by atoms with Crippen molar-refractivity contribution in [2.45, 2.75) is 0 Å². The van der Waals surface area contributed by atoms with Gasteiger partial charge in [0.2, 0.25) is 5.75 Å². The molecule has 0 aliphatic rings. The van der Waals surface area contributed by atoms with Crippen LogP contribution in [0.2, 0.25) is 0 Å². The summed E-state index contributed by atoms with van der Waals surface area (Å²) >= 11 is 0. The summed E-state index contributed by atoms with van der Waals surface area (Å²) in [6, 6.07) is 18.0. The molecule has 0 fully saturated rings. The summed E-state index contributed by atoms with van der Waals surface area (Å²) in [6.07, 6.45) is 0. The third kappa shape index (κ3) is 3.86. The Kier molecular flexibility index (Phi) is 5.69. The van der Waals surface area contributed by atoms with E-state index in [-0.39, 0.29) is 5.78 Å². The van der Waals surface area contributed by atoms with Crippen molar-refractivity contribution in [3.05, 3.63) is 71.8 Å². The molecule has 3 aromatic rings. The normalized spacial score (nSPS) is 10.2. The molecule has 0 unspecified atom stereocenters. The minimum absolute atomic E-state index is 0.148. The molecule has 28 heavy (non-hydrogen) atoms. The van der Waals surface area contributed by atoms with Gasteiger partial charge in [-0.1, -0.05) is 12.1 Å². The number of anilines is 3. The quantitative estimate of drug-likeness (QED) is 0.472. The van der Waals surface area contributed by atoms with Gasteiger partial charge in [0.25, 0.3) is 0 Å². The molecule has 6 nitrogen and oxygen atoms in total. The smallest absolute Gasteiger partial charge is 0.203 e. The van der Waals surface area contributed by atoms with E-state index in [4.69, 9.17) is 19.9 Å². The summed E-state index contributed by atoms with van der Waals surface area (Å²) < 4.78 is 15.9. The molecule has 6 heteroatoms. The molecule has 3 N–H and O–H groups in total. The van der Waals surface area contributed by atoms with Crippen molar-refractivity contribution in [1.29, 1.82) is 0 Å². The average Bonchev–Trinajstić information content (AvgIpc) is 2.74. The molecule has 0 heterocycles. The molecule has 0 amide bonds. The van der Waals surface area contributed by atoms with Crippen molar-refractivity contribution in [2.24, 2.45) is 0 Å². The van der Waals surface area contributed by atoms with Crippen LogP contribution in [0.3, 0.4) is 0 Å². The minimum atomic E-state index is -0.148. The Hall–Kier alpha value is -3.67. The van der Waals surface area contributed by atoms with Gasteiger partial charge in [0.05, 0.1) is 32.7 Å². The van der Waals surface area contributed by atoms with Gasteiger partial charge in [-0.3, -0.25) is 4.79 Å². The van der Waals surface area contributed by atoms with Crippen LogP contribution in [0.15, 0.2) is 60.7 Å². The van der Waals surface area contributed by atoms with Gasteiger partial charge in [0, 0.05) is 16.8 Å². The lowest BCUT2D eigenvalue weighted by molar-refractivity contribution is 0.103. The highest BCUT2D eigenvalue weighted by molar-refractivity contribution is 6.09. The summed E-state index contributed by atoms with van der Waals surface area (Å²) in [6.45, 7) is 0. The van der Waals surface area contributed by atoms with Crippen LogP contribution in [0.4, 0.5) is 17.1 Å². The molecule has 0 radical (unpaired) electrons. The predicted octanol–water partition coefficient (Wildman–Crippen LogP) is 4.27. The number of para-hydroxylation sites is 2. The zero-order chi connectivity index (χ0) is 20.1. The van der Waals surface area contributed by atoms with Crippen molar-refractivity contribution >= 4 is 22.8 Å². The zero-order valence-corrected chi connectivity index (χ0v) is 16.0. The van der Waals surface area contributed by atoms with Crippen LogP contribution in [0.5, 0.6) is 17.2 Å². The Labute approximate surface area is 163 Å². The Morgan fingerprint density at radius 2 is 1.43 bits per heavy atom. The van der Waals surface area contributed by atoms with Crippen molar-refractivity contribution in [3.63, 3.8) is 0 Å². The van der Waals surface area contributed by atoms with E-state index >= 15 is 0 Å². The van der Waals surface area contributed by atoms with E-state index in [0.29, 0.717) is 34.1 Å². The average molecular weight is 378 g/mol. The number of methoxy groups -OCH3 is 3. The largest absolute Gasteiger partial charge is 0.493 e. The molecule has 144 valence electrons. The molecule has 0 aliphatic carbocycles. The van der Waals surface area contributed by atoms with Gasteiger partial charge >= 0.3 is 0 Å². The maximum Gasteiger partial charge on any atom is 0.203 e. The second-order valence-corrected chi connectivity index (χ2v) is 6.03. The van der Waals surface area contributed by atoms with Crippen molar-refractivity contribution < 1.29 is 19.0 Å². The van der Waals surface area contributed by atoms with Gasteiger partial charge in [0.15, 0.2) is 17.3 Å². The predicted molar refractivity (Wildman–Crippen MR) is 110 cm³/mol. The highest BCUT2D eigenvalue weighted by Gasteiger charge is 2.18. The van der Waals surface area contributed by atoms with Crippen LogP contribution < -0.4 is 25.3 Å². The lowest BCUT2D eigenvalue weighted by Crippen LogP contribution is -2.04. The fourth-order valence-electron chi connectivity index (χ4n) is 2.85. The van der Waals surface area contributed by atoms with E-state index in [1.807, 2.05) is 36.4 Å². The second-order valence-electron chi connectivity index (χ2n) is 6.03. The van der Waals surface area contributed by atoms with Crippen molar-refractivity contribution in [2.75, 3.05) is 32.4 Å². The van der Waals surface area contributed by atoms with Gasteiger partial charge in [-0.15, -0.1) is 0 Å². The van der Waals surface area contributed by atoms with E-state index in [2.05, 4.69) is 5.32 Å². The third-order valence-electron chi connectivity index (χ3n) is 4.31. The van der Waals surface area contributed by atoms with Gasteiger partial charge in [-0.25, -0.2) is 0 Å². The molecule has 3 aromatic carbocycles. The Morgan fingerprint density at radius 1 is 0.821 bits per heavy atom. The van der Waals surface area contributed by atoms with Crippen LogP contribution >= 0.6 is 0 Å². The summed E-state index contributed by atoms with van der Waals surface area (Å²) in [5, 5.41) is 3.24. The fourth-order valence-corrected chi connectivity index (χ4v) is 2.85. The van der Waals surface area contributed by atoms with E-state index in [9.17, 15) is 4.79 Å². The number of ether oxygens (including phenoxy) is 3. The first-order chi connectivity index (χ1) is 13.6. The molecule has 3 rings (SSSR count). The molecule has 0 spiro atoms. The number of benzene rings is 3. The fraction of sp³-hybridized carbons (Fsp3) is 0.136. The topological polar surface area (TPSA) is 82.8 Å². The number of rotatable bonds is 7. The summed E-state index contributed by atoms with van der Waals surface area (Å²) in [5.74, 6) is 1.16. The molecule has 0 saturated carbocycles.